The number of nitrogens with one attached hydrogen (secondary N) is 1. The predicted molar refractivity (Wildman–Crippen MR) is 68.9 cm³/mol. The SMILES string of the molecule is COC(=O)C(C)(C)NCCCc1ccccc1. The van der Waals surface area contributed by atoms with Crippen molar-refractivity contribution >= 4 is 5.97 Å². The zero-order valence-corrected chi connectivity index (χ0v) is 10.8. The highest BCUT2D eigenvalue weighted by atomic mass is 16.5. The predicted octanol–water partition coefficient (Wildman–Crippen LogP) is 2.16. The van der Waals surface area contributed by atoms with Crippen molar-refractivity contribution in [2.75, 3.05) is 13.7 Å². The molecule has 1 aromatic carbocycles. The molecule has 0 aliphatic rings. The van der Waals surface area contributed by atoms with Crippen LogP contribution in [0.5, 0.6) is 0 Å². The van der Waals surface area contributed by atoms with Gasteiger partial charge in [-0.2, -0.15) is 0 Å². The van der Waals surface area contributed by atoms with Crippen molar-refractivity contribution in [3.05, 3.63) is 35.9 Å². The summed E-state index contributed by atoms with van der Waals surface area (Å²) in [5, 5.41) is 3.21. The van der Waals surface area contributed by atoms with Crippen LogP contribution in [0.2, 0.25) is 0 Å². The van der Waals surface area contributed by atoms with Gasteiger partial charge in [-0.15, -0.1) is 0 Å². The van der Waals surface area contributed by atoms with Gasteiger partial charge in [-0.3, -0.25) is 4.79 Å². The summed E-state index contributed by atoms with van der Waals surface area (Å²) < 4.78 is 4.73. The quantitative estimate of drug-likeness (QED) is 0.606. The molecule has 0 spiro atoms. The lowest BCUT2D eigenvalue weighted by molar-refractivity contribution is -0.147. The minimum atomic E-state index is -0.606. The summed E-state index contributed by atoms with van der Waals surface area (Å²) in [5.41, 5.74) is 0.719. The summed E-state index contributed by atoms with van der Waals surface area (Å²) >= 11 is 0. The Hall–Kier alpha value is -1.35. The normalized spacial score (nSPS) is 11.2. The van der Waals surface area contributed by atoms with Crippen LogP contribution < -0.4 is 5.32 Å². The van der Waals surface area contributed by atoms with E-state index in [0.29, 0.717) is 0 Å². The van der Waals surface area contributed by atoms with Gasteiger partial charge >= 0.3 is 5.97 Å². The third-order valence-corrected chi connectivity index (χ3v) is 2.75. The van der Waals surface area contributed by atoms with Gasteiger partial charge in [0.1, 0.15) is 5.54 Å². The second kappa shape index (κ2) is 6.40. The van der Waals surface area contributed by atoms with Crippen molar-refractivity contribution in [1.82, 2.24) is 5.32 Å². The summed E-state index contributed by atoms with van der Waals surface area (Å²) in [6, 6.07) is 10.3. The molecule has 0 heterocycles. The largest absolute Gasteiger partial charge is 0.468 e. The van der Waals surface area contributed by atoms with Crippen molar-refractivity contribution < 1.29 is 9.53 Å². The topological polar surface area (TPSA) is 38.3 Å². The highest BCUT2D eigenvalue weighted by Gasteiger charge is 2.27. The van der Waals surface area contributed by atoms with Crippen LogP contribution in [0.1, 0.15) is 25.8 Å². The minimum Gasteiger partial charge on any atom is -0.468 e. The van der Waals surface area contributed by atoms with E-state index in [1.807, 2.05) is 32.0 Å². The molecule has 17 heavy (non-hydrogen) atoms. The molecule has 3 heteroatoms. The number of benzene rings is 1. The van der Waals surface area contributed by atoms with Crippen LogP contribution in [0.4, 0.5) is 0 Å². The summed E-state index contributed by atoms with van der Waals surface area (Å²) in [4.78, 5) is 11.4. The molecule has 0 fully saturated rings. The van der Waals surface area contributed by atoms with Crippen molar-refractivity contribution in [2.45, 2.75) is 32.2 Å². The van der Waals surface area contributed by atoms with Crippen molar-refractivity contribution in [3.63, 3.8) is 0 Å². The number of hydrogen-bond acceptors (Lipinski definition) is 3. The number of aryl methyl sites for hydroxylation is 1. The van der Waals surface area contributed by atoms with Gasteiger partial charge in [0.05, 0.1) is 7.11 Å². The molecule has 3 nitrogen and oxygen atoms in total. The molecule has 1 aromatic rings. The highest BCUT2D eigenvalue weighted by Crippen LogP contribution is 2.06. The second-order valence-corrected chi connectivity index (χ2v) is 4.63. The average molecular weight is 235 g/mol. The third kappa shape index (κ3) is 4.57. The molecule has 1 N–H and O–H groups in total. The first-order valence-corrected chi connectivity index (χ1v) is 5.93. The smallest absolute Gasteiger partial charge is 0.325 e. The van der Waals surface area contributed by atoms with Crippen LogP contribution >= 0.6 is 0 Å². The Bertz CT molecular complexity index is 346. The Labute approximate surface area is 103 Å². The first-order chi connectivity index (χ1) is 8.06. The number of carbonyl (C=O) groups is 1. The Morgan fingerprint density at radius 1 is 1.29 bits per heavy atom. The zero-order chi connectivity index (χ0) is 12.7. The maximum Gasteiger partial charge on any atom is 0.325 e. The summed E-state index contributed by atoms with van der Waals surface area (Å²) in [6.45, 7) is 4.47. The van der Waals surface area contributed by atoms with Gasteiger partial charge in [-0.1, -0.05) is 30.3 Å². The number of methoxy groups -OCH3 is 1. The van der Waals surface area contributed by atoms with E-state index >= 15 is 0 Å². The summed E-state index contributed by atoms with van der Waals surface area (Å²) in [5.74, 6) is -0.225. The molecule has 1 rings (SSSR count). The molecule has 0 unspecified atom stereocenters. The Morgan fingerprint density at radius 2 is 1.94 bits per heavy atom. The van der Waals surface area contributed by atoms with E-state index in [1.54, 1.807) is 0 Å². The molecule has 0 aliphatic heterocycles. The fourth-order valence-electron chi connectivity index (χ4n) is 1.67. The average Bonchev–Trinajstić information content (AvgIpc) is 2.35. The molecule has 94 valence electrons. The molecule has 0 aromatic heterocycles. The van der Waals surface area contributed by atoms with Crippen LogP contribution in [0.3, 0.4) is 0 Å². The molecule has 0 amide bonds. The minimum absolute atomic E-state index is 0.225. The number of carbonyl (C=O) groups excluding carboxylic acids is 1. The van der Waals surface area contributed by atoms with E-state index in [2.05, 4.69) is 17.4 Å². The summed E-state index contributed by atoms with van der Waals surface area (Å²) in [6.07, 6.45) is 2.02. The molecule has 0 radical (unpaired) electrons. The van der Waals surface area contributed by atoms with E-state index in [0.717, 1.165) is 19.4 Å². The monoisotopic (exact) mass is 235 g/mol. The van der Waals surface area contributed by atoms with E-state index in [-0.39, 0.29) is 5.97 Å². The van der Waals surface area contributed by atoms with Crippen LogP contribution in [0, 0.1) is 0 Å². The van der Waals surface area contributed by atoms with Gasteiger partial charge in [0.25, 0.3) is 0 Å². The van der Waals surface area contributed by atoms with Crippen LogP contribution in [-0.2, 0) is 16.0 Å². The van der Waals surface area contributed by atoms with Gasteiger partial charge in [-0.25, -0.2) is 0 Å². The standard InChI is InChI=1S/C14H21NO2/c1-14(2,13(16)17-3)15-11-7-10-12-8-5-4-6-9-12/h4-6,8-9,15H,7,10-11H2,1-3H3. The fourth-order valence-corrected chi connectivity index (χ4v) is 1.67. The van der Waals surface area contributed by atoms with Crippen molar-refractivity contribution in [2.24, 2.45) is 0 Å². The Morgan fingerprint density at radius 3 is 2.53 bits per heavy atom. The molecule has 0 atom stereocenters. The number of esters is 1. The maximum absolute atomic E-state index is 11.4. The van der Waals surface area contributed by atoms with Crippen molar-refractivity contribution in [3.8, 4) is 0 Å². The first kappa shape index (κ1) is 13.7. The lowest BCUT2D eigenvalue weighted by atomic mass is 10.1. The van der Waals surface area contributed by atoms with Crippen LogP contribution in [0.25, 0.3) is 0 Å². The molecular weight excluding hydrogens is 214 g/mol. The van der Waals surface area contributed by atoms with E-state index in [1.165, 1.54) is 12.7 Å². The molecular formula is C14H21NO2. The van der Waals surface area contributed by atoms with E-state index in [4.69, 9.17) is 4.74 Å². The number of rotatable bonds is 6. The van der Waals surface area contributed by atoms with Gasteiger partial charge in [0.15, 0.2) is 0 Å². The highest BCUT2D eigenvalue weighted by molar-refractivity contribution is 5.79. The van der Waals surface area contributed by atoms with Crippen LogP contribution in [-0.4, -0.2) is 25.2 Å². The lowest BCUT2D eigenvalue weighted by Gasteiger charge is -2.23. The van der Waals surface area contributed by atoms with Gasteiger partial charge < -0.3 is 10.1 Å². The van der Waals surface area contributed by atoms with Crippen LogP contribution in [0.15, 0.2) is 30.3 Å². The molecule has 0 bridgehead atoms. The third-order valence-electron chi connectivity index (χ3n) is 2.75. The number of hydrogen-bond donors (Lipinski definition) is 1. The van der Waals surface area contributed by atoms with Gasteiger partial charge in [0, 0.05) is 0 Å². The van der Waals surface area contributed by atoms with E-state index < -0.39 is 5.54 Å². The zero-order valence-electron chi connectivity index (χ0n) is 10.8. The molecule has 0 saturated carbocycles. The number of ether oxygens (including phenoxy) is 1. The van der Waals surface area contributed by atoms with E-state index in [9.17, 15) is 4.79 Å². The fraction of sp³-hybridized carbons (Fsp3) is 0.500. The van der Waals surface area contributed by atoms with Gasteiger partial charge in [-0.05, 0) is 38.8 Å². The summed E-state index contributed by atoms with van der Waals surface area (Å²) in [7, 11) is 1.41. The lowest BCUT2D eigenvalue weighted by Crippen LogP contribution is -2.47. The van der Waals surface area contributed by atoms with Crippen molar-refractivity contribution in [1.29, 1.82) is 0 Å². The molecule has 0 saturated heterocycles. The molecule has 0 aliphatic carbocycles. The van der Waals surface area contributed by atoms with Gasteiger partial charge in [0.2, 0.25) is 0 Å². The maximum atomic E-state index is 11.4. The Balaban J connectivity index is 2.27. The first-order valence-electron chi connectivity index (χ1n) is 5.93. The second-order valence-electron chi connectivity index (χ2n) is 4.63. The Kier molecular flexibility index (Phi) is 5.16.